The number of carbonyl (C=O) groups excluding carboxylic acids is 1. The second-order valence-electron chi connectivity index (χ2n) is 4.83. The number of nitrogens with two attached hydrogens (primary N) is 1. The van der Waals surface area contributed by atoms with Crippen molar-refractivity contribution in [1.29, 1.82) is 0 Å². The molecule has 0 aromatic heterocycles. The van der Waals surface area contributed by atoms with Crippen molar-refractivity contribution in [2.24, 2.45) is 11.1 Å². The van der Waals surface area contributed by atoms with Gasteiger partial charge in [-0.1, -0.05) is 13.8 Å². The van der Waals surface area contributed by atoms with E-state index in [0.29, 0.717) is 13.2 Å². The molecule has 1 unspecified atom stereocenters. The number of nitrogens with one attached hydrogen (secondary N) is 1. The molecule has 0 aromatic rings. The van der Waals surface area contributed by atoms with Gasteiger partial charge in [-0.05, 0) is 11.8 Å². The maximum atomic E-state index is 11.5. The van der Waals surface area contributed by atoms with Gasteiger partial charge in [0.2, 0.25) is 5.91 Å². The third-order valence-electron chi connectivity index (χ3n) is 2.46. The minimum absolute atomic E-state index is 0.103. The van der Waals surface area contributed by atoms with Crippen molar-refractivity contribution in [2.75, 3.05) is 20.3 Å². The van der Waals surface area contributed by atoms with Crippen LogP contribution in [0.1, 0.15) is 26.7 Å². The fraction of sp³-hybridized carbons (Fsp3) is 0.818. The van der Waals surface area contributed by atoms with Crippen molar-refractivity contribution in [2.45, 2.75) is 32.7 Å². The van der Waals surface area contributed by atoms with Crippen LogP contribution in [0.15, 0.2) is 0 Å². The second kappa shape index (κ2) is 7.24. The first kappa shape index (κ1) is 15.9. The smallest absolute Gasteiger partial charge is 0.305 e. The molecule has 0 aliphatic rings. The summed E-state index contributed by atoms with van der Waals surface area (Å²) in [5, 5.41) is 11.2. The molecule has 0 saturated heterocycles. The van der Waals surface area contributed by atoms with Crippen LogP contribution in [0, 0.1) is 5.41 Å². The number of hydrogen-bond donors (Lipinski definition) is 3. The average Bonchev–Trinajstić information content (AvgIpc) is 2.22. The quantitative estimate of drug-likeness (QED) is 0.558. The van der Waals surface area contributed by atoms with Crippen LogP contribution in [0.2, 0.25) is 0 Å². The lowest BCUT2D eigenvalue weighted by atomic mass is 9.89. The number of ether oxygens (including phenoxy) is 1. The van der Waals surface area contributed by atoms with E-state index < -0.39 is 17.9 Å². The van der Waals surface area contributed by atoms with Gasteiger partial charge in [-0.25, -0.2) is 0 Å². The van der Waals surface area contributed by atoms with E-state index in [0.717, 1.165) is 6.42 Å². The number of methoxy groups -OCH3 is 1. The summed E-state index contributed by atoms with van der Waals surface area (Å²) in [4.78, 5) is 21.8. The summed E-state index contributed by atoms with van der Waals surface area (Å²) < 4.78 is 4.97. The zero-order valence-corrected chi connectivity index (χ0v) is 10.7. The van der Waals surface area contributed by atoms with Crippen LogP contribution in [0.5, 0.6) is 0 Å². The summed E-state index contributed by atoms with van der Waals surface area (Å²) in [5.74, 6) is -1.51. The second-order valence-corrected chi connectivity index (χ2v) is 4.83. The first-order valence-corrected chi connectivity index (χ1v) is 5.52. The van der Waals surface area contributed by atoms with Crippen LogP contribution < -0.4 is 11.1 Å². The highest BCUT2D eigenvalue weighted by atomic mass is 16.5. The Labute approximate surface area is 102 Å². The highest BCUT2D eigenvalue weighted by Gasteiger charge is 2.22. The molecule has 0 bridgehead atoms. The lowest BCUT2D eigenvalue weighted by molar-refractivity contribution is -0.139. The van der Waals surface area contributed by atoms with Crippen LogP contribution in [0.3, 0.4) is 0 Å². The Morgan fingerprint density at radius 3 is 2.53 bits per heavy atom. The molecule has 1 atom stereocenters. The summed E-state index contributed by atoms with van der Waals surface area (Å²) in [5.41, 5.74) is 5.33. The maximum absolute atomic E-state index is 11.5. The van der Waals surface area contributed by atoms with Crippen molar-refractivity contribution in [3.05, 3.63) is 0 Å². The summed E-state index contributed by atoms with van der Waals surface area (Å²) in [6, 6.07) is -0.995. The van der Waals surface area contributed by atoms with E-state index >= 15 is 0 Å². The molecule has 0 aliphatic carbocycles. The first-order chi connectivity index (χ1) is 7.78. The van der Waals surface area contributed by atoms with E-state index in [-0.39, 0.29) is 11.8 Å². The molecule has 0 aromatic carbocycles. The van der Waals surface area contributed by atoms with Crippen molar-refractivity contribution in [3.63, 3.8) is 0 Å². The van der Waals surface area contributed by atoms with Gasteiger partial charge < -0.3 is 20.9 Å². The van der Waals surface area contributed by atoms with Crippen LogP contribution in [0.25, 0.3) is 0 Å². The van der Waals surface area contributed by atoms with Crippen LogP contribution in [0.4, 0.5) is 0 Å². The molecule has 100 valence electrons. The standard InChI is InChI=1S/C11H22N2O4/c1-11(2,4-5-17-3)7-13-10(16)8(12)6-9(14)15/h8H,4-7,12H2,1-3H3,(H,13,16)(H,14,15). The molecular formula is C11H22N2O4. The van der Waals surface area contributed by atoms with Crippen molar-refractivity contribution >= 4 is 11.9 Å². The number of amides is 1. The highest BCUT2D eigenvalue weighted by Crippen LogP contribution is 2.18. The van der Waals surface area contributed by atoms with Gasteiger partial charge in [0.15, 0.2) is 0 Å². The molecule has 0 radical (unpaired) electrons. The molecule has 6 nitrogen and oxygen atoms in total. The molecule has 6 heteroatoms. The summed E-state index contributed by atoms with van der Waals surface area (Å²) in [6.07, 6.45) is 0.447. The van der Waals surface area contributed by atoms with Gasteiger partial charge in [-0.15, -0.1) is 0 Å². The van der Waals surface area contributed by atoms with Gasteiger partial charge in [0.25, 0.3) is 0 Å². The Hall–Kier alpha value is -1.14. The van der Waals surface area contributed by atoms with E-state index in [1.165, 1.54) is 0 Å². The Morgan fingerprint density at radius 2 is 2.06 bits per heavy atom. The molecule has 0 rings (SSSR count). The van der Waals surface area contributed by atoms with Gasteiger partial charge >= 0.3 is 5.97 Å². The monoisotopic (exact) mass is 246 g/mol. The molecule has 0 spiro atoms. The van der Waals surface area contributed by atoms with Crippen LogP contribution >= 0.6 is 0 Å². The Bertz CT molecular complexity index is 266. The Morgan fingerprint density at radius 1 is 1.47 bits per heavy atom. The number of aliphatic carboxylic acids is 1. The maximum Gasteiger partial charge on any atom is 0.305 e. The number of rotatable bonds is 8. The first-order valence-electron chi connectivity index (χ1n) is 5.52. The number of carboxylic acid groups (broad SMARTS) is 1. The fourth-order valence-electron chi connectivity index (χ4n) is 1.21. The molecule has 0 saturated carbocycles. The lowest BCUT2D eigenvalue weighted by Crippen LogP contribution is -2.45. The summed E-state index contributed by atoms with van der Waals surface area (Å²) in [6.45, 7) is 5.05. The van der Waals surface area contributed by atoms with Gasteiger partial charge in [0.05, 0.1) is 12.5 Å². The minimum atomic E-state index is -1.08. The molecular weight excluding hydrogens is 224 g/mol. The van der Waals surface area contributed by atoms with Crippen molar-refractivity contribution in [1.82, 2.24) is 5.32 Å². The van der Waals surface area contributed by atoms with Crippen LogP contribution in [-0.4, -0.2) is 43.3 Å². The predicted octanol–water partition coefficient (Wildman–Crippen LogP) is -0.0327. The molecule has 0 aliphatic heterocycles. The van der Waals surface area contributed by atoms with Crippen molar-refractivity contribution in [3.8, 4) is 0 Å². The van der Waals surface area contributed by atoms with E-state index in [1.807, 2.05) is 13.8 Å². The van der Waals surface area contributed by atoms with Gasteiger partial charge in [-0.2, -0.15) is 0 Å². The highest BCUT2D eigenvalue weighted by molar-refractivity contribution is 5.85. The summed E-state index contributed by atoms with van der Waals surface area (Å²) in [7, 11) is 1.62. The molecule has 17 heavy (non-hydrogen) atoms. The summed E-state index contributed by atoms with van der Waals surface area (Å²) >= 11 is 0. The van der Waals surface area contributed by atoms with E-state index in [4.69, 9.17) is 15.6 Å². The Balaban J connectivity index is 4.01. The fourth-order valence-corrected chi connectivity index (χ4v) is 1.21. The van der Waals surface area contributed by atoms with Gasteiger partial charge in [-0.3, -0.25) is 9.59 Å². The topological polar surface area (TPSA) is 102 Å². The van der Waals surface area contributed by atoms with E-state index in [9.17, 15) is 9.59 Å². The average molecular weight is 246 g/mol. The number of carboxylic acids is 1. The normalized spacial score (nSPS) is 13.2. The van der Waals surface area contributed by atoms with Crippen LogP contribution in [-0.2, 0) is 14.3 Å². The van der Waals surface area contributed by atoms with Crippen molar-refractivity contribution < 1.29 is 19.4 Å². The third kappa shape index (κ3) is 7.70. The van der Waals surface area contributed by atoms with E-state index in [1.54, 1.807) is 7.11 Å². The van der Waals surface area contributed by atoms with Gasteiger partial charge in [0.1, 0.15) is 0 Å². The number of hydrogen-bond acceptors (Lipinski definition) is 4. The molecule has 1 amide bonds. The minimum Gasteiger partial charge on any atom is -0.481 e. The largest absolute Gasteiger partial charge is 0.481 e. The van der Waals surface area contributed by atoms with Gasteiger partial charge in [0, 0.05) is 20.3 Å². The lowest BCUT2D eigenvalue weighted by Gasteiger charge is -2.25. The zero-order valence-electron chi connectivity index (χ0n) is 10.7. The SMILES string of the molecule is COCCC(C)(C)CNC(=O)C(N)CC(=O)O. The third-order valence-corrected chi connectivity index (χ3v) is 2.46. The molecule has 4 N–H and O–H groups in total. The predicted molar refractivity (Wildman–Crippen MR) is 63.5 cm³/mol. The molecule has 0 heterocycles. The molecule has 0 fully saturated rings. The zero-order chi connectivity index (χ0) is 13.5. The number of carbonyl (C=O) groups is 2. The van der Waals surface area contributed by atoms with E-state index in [2.05, 4.69) is 5.32 Å². The Kier molecular flexibility index (Phi) is 6.75.